The zero-order valence-corrected chi connectivity index (χ0v) is 17.6. The normalized spacial score (nSPS) is 21.1. The number of nitrogens with zero attached hydrogens (tertiary/aromatic N) is 5. The van der Waals surface area contributed by atoms with Crippen molar-refractivity contribution in [3.05, 3.63) is 59.1 Å². The zero-order chi connectivity index (χ0) is 23.2. The molecule has 0 bridgehead atoms. The van der Waals surface area contributed by atoms with Crippen LogP contribution in [0.4, 0.5) is 24.7 Å². The van der Waals surface area contributed by atoms with E-state index in [1.165, 1.54) is 18.5 Å². The number of aliphatic imine (C=N–C) groups is 1. The van der Waals surface area contributed by atoms with Gasteiger partial charge in [0.25, 0.3) is 0 Å². The Kier molecular flexibility index (Phi) is 5.09. The fourth-order valence-electron chi connectivity index (χ4n) is 4.31. The number of rotatable bonds is 3. The van der Waals surface area contributed by atoms with Crippen LogP contribution < -0.4 is 10.2 Å². The third kappa shape index (κ3) is 4.16. The molecule has 170 valence electrons. The molecule has 1 aromatic heterocycles. The van der Waals surface area contributed by atoms with E-state index in [1.807, 2.05) is 17.1 Å². The third-order valence-corrected chi connectivity index (χ3v) is 6.44. The van der Waals surface area contributed by atoms with Gasteiger partial charge in [-0.2, -0.15) is 18.4 Å². The third-order valence-electron chi connectivity index (χ3n) is 6.44. The van der Waals surface area contributed by atoms with Gasteiger partial charge in [-0.3, -0.25) is 4.99 Å². The number of benzene rings is 1. The second-order valence-electron chi connectivity index (χ2n) is 8.58. The number of aromatic nitrogens is 2. The van der Waals surface area contributed by atoms with Gasteiger partial charge in [0.15, 0.2) is 0 Å². The predicted molar refractivity (Wildman–Crippen MR) is 116 cm³/mol. The Morgan fingerprint density at radius 1 is 1.24 bits per heavy atom. The zero-order valence-electron chi connectivity index (χ0n) is 17.6. The molecule has 2 N–H and O–H groups in total. The van der Waals surface area contributed by atoms with Crippen molar-refractivity contribution < 1.29 is 18.3 Å². The van der Waals surface area contributed by atoms with E-state index in [0.717, 1.165) is 30.2 Å². The van der Waals surface area contributed by atoms with Gasteiger partial charge in [0.1, 0.15) is 18.0 Å². The van der Waals surface area contributed by atoms with E-state index in [-0.39, 0.29) is 5.92 Å². The lowest BCUT2D eigenvalue weighted by Gasteiger charge is -2.31. The van der Waals surface area contributed by atoms with Crippen molar-refractivity contribution >= 4 is 17.3 Å². The Hall–Kier alpha value is -3.45. The van der Waals surface area contributed by atoms with Gasteiger partial charge in [0.2, 0.25) is 0 Å². The van der Waals surface area contributed by atoms with Gasteiger partial charge < -0.3 is 15.3 Å². The van der Waals surface area contributed by atoms with E-state index in [4.69, 9.17) is 5.26 Å². The van der Waals surface area contributed by atoms with Gasteiger partial charge in [-0.05, 0) is 43.5 Å². The molecule has 1 atom stereocenters. The molecule has 7 nitrogen and oxygen atoms in total. The second-order valence-corrected chi connectivity index (χ2v) is 8.58. The van der Waals surface area contributed by atoms with Crippen LogP contribution in [0.25, 0.3) is 0 Å². The highest BCUT2D eigenvalue weighted by atomic mass is 19.4. The van der Waals surface area contributed by atoms with Gasteiger partial charge in [-0.25, -0.2) is 9.97 Å². The SMILES string of the molecule is N#Cc1ccc(N2CCc3c(ncnc3NC3=NC[C@H](C4(O)CC4)C=C3)C2)cc1C(F)(F)F. The van der Waals surface area contributed by atoms with Crippen molar-refractivity contribution in [2.45, 2.75) is 37.6 Å². The predicted octanol–water partition coefficient (Wildman–Crippen LogP) is 3.45. The molecule has 2 aromatic rings. The second kappa shape index (κ2) is 7.85. The summed E-state index contributed by atoms with van der Waals surface area (Å²) in [5.41, 5.74) is 0.0772. The summed E-state index contributed by atoms with van der Waals surface area (Å²) in [7, 11) is 0. The molecule has 0 saturated heterocycles. The van der Waals surface area contributed by atoms with Gasteiger partial charge in [-0.15, -0.1) is 0 Å². The standard InChI is InChI=1S/C23H21F3N6O/c24-23(25,26)18-9-16(3-1-14(18)10-27)32-8-5-17-19(12-32)29-13-30-21(17)31-20-4-2-15(11-28-20)22(33)6-7-22/h1-4,9,13,15,33H,5-8,11-12H2,(H,28,29,30,31)/t15-/m1/s1. The van der Waals surface area contributed by atoms with Crippen molar-refractivity contribution in [1.82, 2.24) is 9.97 Å². The van der Waals surface area contributed by atoms with Gasteiger partial charge in [0, 0.05) is 23.7 Å². The number of nitriles is 1. The van der Waals surface area contributed by atoms with Crippen LogP contribution in [0.1, 0.15) is 35.2 Å². The molecule has 1 saturated carbocycles. The molecule has 3 heterocycles. The minimum absolute atomic E-state index is 0.0323. The molecule has 0 unspecified atom stereocenters. The van der Waals surface area contributed by atoms with Crippen LogP contribution in [0, 0.1) is 17.2 Å². The van der Waals surface area contributed by atoms with Crippen LogP contribution in [0.2, 0.25) is 0 Å². The lowest BCUT2D eigenvalue weighted by Crippen LogP contribution is -2.33. The van der Waals surface area contributed by atoms with Gasteiger partial charge in [-0.1, -0.05) is 6.08 Å². The van der Waals surface area contributed by atoms with Crippen molar-refractivity contribution in [2.24, 2.45) is 10.9 Å². The first-order valence-corrected chi connectivity index (χ1v) is 10.7. The summed E-state index contributed by atoms with van der Waals surface area (Å²) in [5.74, 6) is 1.31. The molecule has 10 heteroatoms. The molecule has 0 spiro atoms. The Bertz CT molecular complexity index is 1200. The molecule has 0 radical (unpaired) electrons. The summed E-state index contributed by atoms with van der Waals surface area (Å²) < 4.78 is 40.1. The number of hydrogen-bond acceptors (Lipinski definition) is 7. The van der Waals surface area contributed by atoms with Crippen LogP contribution in [0.3, 0.4) is 0 Å². The van der Waals surface area contributed by atoms with Crippen LogP contribution >= 0.6 is 0 Å². The highest BCUT2D eigenvalue weighted by molar-refractivity contribution is 6.04. The first-order chi connectivity index (χ1) is 15.8. The van der Waals surface area contributed by atoms with E-state index in [9.17, 15) is 18.3 Å². The molecule has 0 amide bonds. The number of fused-ring (bicyclic) bond motifs is 1. The molecule has 1 aromatic carbocycles. The Morgan fingerprint density at radius 3 is 2.73 bits per heavy atom. The Morgan fingerprint density at radius 2 is 2.06 bits per heavy atom. The van der Waals surface area contributed by atoms with Crippen molar-refractivity contribution in [2.75, 3.05) is 23.3 Å². The first-order valence-electron chi connectivity index (χ1n) is 10.7. The summed E-state index contributed by atoms with van der Waals surface area (Å²) in [6.07, 6.45) is 2.80. The van der Waals surface area contributed by atoms with E-state index in [0.29, 0.717) is 43.4 Å². The van der Waals surface area contributed by atoms with E-state index >= 15 is 0 Å². The molecule has 1 aliphatic carbocycles. The summed E-state index contributed by atoms with van der Waals surface area (Å²) in [6, 6.07) is 5.37. The molecule has 3 aliphatic rings. The van der Waals surface area contributed by atoms with Gasteiger partial charge >= 0.3 is 6.18 Å². The fourth-order valence-corrected chi connectivity index (χ4v) is 4.31. The van der Waals surface area contributed by atoms with E-state index in [1.54, 1.807) is 6.07 Å². The van der Waals surface area contributed by atoms with Crippen LogP contribution in [-0.4, -0.2) is 39.6 Å². The number of hydrogen-bond donors (Lipinski definition) is 2. The topological polar surface area (TPSA) is 97.4 Å². The minimum Gasteiger partial charge on any atom is -0.389 e. The maximum absolute atomic E-state index is 13.4. The number of nitrogens with one attached hydrogen (secondary N) is 1. The lowest BCUT2D eigenvalue weighted by atomic mass is 9.98. The number of amidine groups is 1. The van der Waals surface area contributed by atoms with Crippen LogP contribution in [-0.2, 0) is 19.1 Å². The largest absolute Gasteiger partial charge is 0.417 e. The maximum Gasteiger partial charge on any atom is 0.417 e. The minimum atomic E-state index is -4.60. The quantitative estimate of drug-likeness (QED) is 0.738. The Balaban J connectivity index is 1.33. The van der Waals surface area contributed by atoms with Crippen LogP contribution in [0.5, 0.6) is 0 Å². The average molecular weight is 454 g/mol. The van der Waals surface area contributed by atoms with Crippen molar-refractivity contribution in [3.63, 3.8) is 0 Å². The summed E-state index contributed by atoms with van der Waals surface area (Å²) >= 11 is 0. The molecular formula is C23H21F3N6O. The molecular weight excluding hydrogens is 433 g/mol. The monoisotopic (exact) mass is 454 g/mol. The van der Waals surface area contributed by atoms with Crippen molar-refractivity contribution in [3.8, 4) is 6.07 Å². The van der Waals surface area contributed by atoms with Crippen LogP contribution in [0.15, 0.2) is 41.7 Å². The summed E-state index contributed by atoms with van der Waals surface area (Å²) in [5, 5.41) is 22.5. The first kappa shape index (κ1) is 21.4. The summed E-state index contributed by atoms with van der Waals surface area (Å²) in [6.45, 7) is 1.32. The fraction of sp³-hybridized carbons (Fsp3) is 0.391. The smallest absolute Gasteiger partial charge is 0.389 e. The average Bonchev–Trinajstić information content (AvgIpc) is 3.57. The number of alkyl halides is 3. The van der Waals surface area contributed by atoms with Gasteiger partial charge in [0.05, 0.1) is 41.6 Å². The molecule has 1 fully saturated rings. The number of aliphatic hydroxyl groups is 1. The molecule has 2 aliphatic heterocycles. The number of dihydropyridines is 1. The number of anilines is 2. The highest BCUT2D eigenvalue weighted by Gasteiger charge is 2.46. The molecule has 5 rings (SSSR count). The maximum atomic E-state index is 13.4. The Labute approximate surface area is 188 Å². The summed E-state index contributed by atoms with van der Waals surface area (Å²) in [4.78, 5) is 15.0. The van der Waals surface area contributed by atoms with Crippen molar-refractivity contribution in [1.29, 1.82) is 5.26 Å². The van der Waals surface area contributed by atoms with E-state index < -0.39 is 22.9 Å². The highest BCUT2D eigenvalue weighted by Crippen LogP contribution is 2.43. The molecule has 33 heavy (non-hydrogen) atoms. The number of halogens is 3. The lowest BCUT2D eigenvalue weighted by molar-refractivity contribution is -0.137. The van der Waals surface area contributed by atoms with E-state index in [2.05, 4.69) is 20.3 Å².